The van der Waals surface area contributed by atoms with E-state index in [-0.39, 0.29) is 24.8 Å². The number of amides is 3. The number of rotatable bonds is 8. The number of hydrogen-bond acceptors (Lipinski definition) is 4. The largest absolute Gasteiger partial charge is 0.444 e. The molecule has 32 heavy (non-hydrogen) atoms. The minimum absolute atomic E-state index is 0.126. The Morgan fingerprint density at radius 3 is 2.34 bits per heavy atom. The number of ether oxygens (including phenoxy) is 1. The van der Waals surface area contributed by atoms with Crippen molar-refractivity contribution in [3.8, 4) is 0 Å². The second kappa shape index (κ2) is 12.0. The van der Waals surface area contributed by atoms with E-state index in [0.29, 0.717) is 12.2 Å². The van der Waals surface area contributed by atoms with Crippen molar-refractivity contribution in [1.29, 1.82) is 0 Å². The van der Waals surface area contributed by atoms with Gasteiger partial charge in [-0.3, -0.25) is 9.59 Å². The van der Waals surface area contributed by atoms with Gasteiger partial charge in [0.05, 0.1) is 0 Å². The summed E-state index contributed by atoms with van der Waals surface area (Å²) in [7, 11) is 0. The van der Waals surface area contributed by atoms with Crippen LogP contribution in [0.15, 0.2) is 59.1 Å². The summed E-state index contributed by atoms with van der Waals surface area (Å²) in [6.07, 6.45) is 2.80. The fourth-order valence-corrected chi connectivity index (χ4v) is 2.96. The van der Waals surface area contributed by atoms with E-state index in [2.05, 4.69) is 31.9 Å². The summed E-state index contributed by atoms with van der Waals surface area (Å²) in [6, 6.07) is 14.8. The van der Waals surface area contributed by atoms with E-state index >= 15 is 0 Å². The highest BCUT2D eigenvalue weighted by Gasteiger charge is 2.15. The lowest BCUT2D eigenvalue weighted by molar-refractivity contribution is -0.117. The molecule has 7 nitrogen and oxygen atoms in total. The minimum atomic E-state index is -0.580. The van der Waals surface area contributed by atoms with Crippen LogP contribution in [0.3, 0.4) is 0 Å². The van der Waals surface area contributed by atoms with Crippen LogP contribution in [-0.2, 0) is 20.9 Å². The van der Waals surface area contributed by atoms with Crippen molar-refractivity contribution in [2.24, 2.45) is 0 Å². The van der Waals surface area contributed by atoms with Crippen molar-refractivity contribution in [2.75, 3.05) is 11.9 Å². The predicted octanol–water partition coefficient (Wildman–Crippen LogP) is 4.63. The van der Waals surface area contributed by atoms with E-state index in [1.807, 2.05) is 36.4 Å². The number of alkyl carbamates (subject to hydrolysis) is 1. The van der Waals surface area contributed by atoms with Crippen LogP contribution in [0.2, 0.25) is 0 Å². The normalized spacial score (nSPS) is 11.1. The summed E-state index contributed by atoms with van der Waals surface area (Å²) in [5.74, 6) is -0.421. The third-order valence-electron chi connectivity index (χ3n) is 4.04. The van der Waals surface area contributed by atoms with Gasteiger partial charge in [-0.05, 0) is 56.2 Å². The van der Waals surface area contributed by atoms with Crippen LogP contribution in [0.5, 0.6) is 0 Å². The second-order valence-corrected chi connectivity index (χ2v) is 8.85. The zero-order chi connectivity index (χ0) is 23.6. The lowest BCUT2D eigenvalue weighted by atomic mass is 10.2. The van der Waals surface area contributed by atoms with E-state index in [1.165, 1.54) is 6.08 Å². The third-order valence-corrected chi connectivity index (χ3v) is 4.77. The summed E-state index contributed by atoms with van der Waals surface area (Å²) in [6.45, 7) is 5.87. The predicted molar refractivity (Wildman–Crippen MR) is 129 cm³/mol. The molecule has 0 spiro atoms. The lowest BCUT2D eigenvalue weighted by Crippen LogP contribution is -2.34. The van der Waals surface area contributed by atoms with E-state index < -0.39 is 11.7 Å². The molecule has 0 aromatic heterocycles. The van der Waals surface area contributed by atoms with Gasteiger partial charge in [-0.1, -0.05) is 46.3 Å². The second-order valence-electron chi connectivity index (χ2n) is 8.00. The summed E-state index contributed by atoms with van der Waals surface area (Å²) >= 11 is 3.44. The third kappa shape index (κ3) is 9.78. The minimum Gasteiger partial charge on any atom is -0.444 e. The summed E-state index contributed by atoms with van der Waals surface area (Å²) in [5, 5.41) is 8.13. The van der Waals surface area contributed by atoms with Crippen molar-refractivity contribution in [2.45, 2.75) is 39.3 Å². The zero-order valence-corrected chi connectivity index (χ0v) is 20.0. The van der Waals surface area contributed by atoms with E-state index in [1.54, 1.807) is 39.0 Å². The van der Waals surface area contributed by atoms with Gasteiger partial charge in [0.1, 0.15) is 5.60 Å². The highest BCUT2D eigenvalue weighted by Crippen LogP contribution is 2.17. The molecule has 3 N–H and O–H groups in total. The fraction of sp³-hybridized carbons (Fsp3) is 0.292. The maximum Gasteiger partial charge on any atom is 0.407 e. The van der Waals surface area contributed by atoms with Crippen LogP contribution in [0.1, 0.15) is 38.3 Å². The number of hydrogen-bond donors (Lipinski definition) is 3. The van der Waals surface area contributed by atoms with Gasteiger partial charge in [0.2, 0.25) is 11.8 Å². The van der Waals surface area contributed by atoms with Crippen molar-refractivity contribution in [3.05, 3.63) is 70.2 Å². The Balaban J connectivity index is 1.72. The Morgan fingerprint density at radius 2 is 1.69 bits per heavy atom. The molecular weight excluding hydrogens is 474 g/mol. The molecule has 3 amide bonds. The molecule has 0 fully saturated rings. The van der Waals surface area contributed by atoms with Crippen LogP contribution in [0.4, 0.5) is 10.5 Å². The zero-order valence-electron chi connectivity index (χ0n) is 18.4. The van der Waals surface area contributed by atoms with E-state index in [9.17, 15) is 14.4 Å². The maximum atomic E-state index is 12.0. The lowest BCUT2D eigenvalue weighted by Gasteiger charge is -2.19. The maximum absolute atomic E-state index is 12.0. The molecule has 0 bridgehead atoms. The average Bonchev–Trinajstić information content (AvgIpc) is 2.71. The van der Waals surface area contributed by atoms with Crippen LogP contribution >= 0.6 is 15.9 Å². The van der Waals surface area contributed by atoms with Gasteiger partial charge in [0.25, 0.3) is 0 Å². The topological polar surface area (TPSA) is 96.5 Å². The number of anilines is 1. The first-order valence-corrected chi connectivity index (χ1v) is 11.0. The Bertz CT molecular complexity index is 966. The van der Waals surface area contributed by atoms with Gasteiger partial charge < -0.3 is 20.7 Å². The van der Waals surface area contributed by atoms with Crippen LogP contribution < -0.4 is 16.0 Å². The molecule has 2 rings (SSSR count). The highest BCUT2D eigenvalue weighted by atomic mass is 79.9. The molecule has 0 atom stereocenters. The number of nitrogens with one attached hydrogen (secondary N) is 3. The molecule has 0 aliphatic carbocycles. The standard InChI is InChI=1S/C24H28BrN3O4/c1-24(2,3)32-23(31)26-15-14-22(30)28-19-11-8-17(9-12-19)16-27-21(29)13-10-18-6-4-5-7-20(18)25/h4-13H,14-16H2,1-3H3,(H,26,31)(H,27,29)(H,28,30)/b13-10+. The van der Waals surface area contributed by atoms with E-state index in [0.717, 1.165) is 15.6 Å². The van der Waals surface area contributed by atoms with Gasteiger partial charge in [-0.25, -0.2) is 4.79 Å². The van der Waals surface area contributed by atoms with Crippen molar-refractivity contribution >= 4 is 45.6 Å². The number of halogens is 1. The molecule has 170 valence electrons. The first-order chi connectivity index (χ1) is 15.1. The fourth-order valence-electron chi connectivity index (χ4n) is 2.55. The Kier molecular flexibility index (Phi) is 9.46. The van der Waals surface area contributed by atoms with Gasteiger partial charge in [0, 0.05) is 35.7 Å². The van der Waals surface area contributed by atoms with Crippen LogP contribution in [-0.4, -0.2) is 30.1 Å². The van der Waals surface area contributed by atoms with Crippen molar-refractivity contribution in [1.82, 2.24) is 10.6 Å². The summed E-state index contributed by atoms with van der Waals surface area (Å²) in [5.41, 5.74) is 1.88. The molecule has 0 saturated carbocycles. The van der Waals surface area contributed by atoms with Gasteiger partial charge in [0.15, 0.2) is 0 Å². The Morgan fingerprint density at radius 1 is 1.00 bits per heavy atom. The molecule has 2 aromatic rings. The Labute approximate surface area is 196 Å². The molecule has 0 unspecified atom stereocenters. The van der Waals surface area contributed by atoms with Crippen molar-refractivity contribution < 1.29 is 19.1 Å². The van der Waals surface area contributed by atoms with Crippen LogP contribution in [0.25, 0.3) is 6.08 Å². The summed E-state index contributed by atoms with van der Waals surface area (Å²) < 4.78 is 6.03. The molecule has 8 heteroatoms. The first kappa shape index (κ1) is 25.1. The van der Waals surface area contributed by atoms with Crippen LogP contribution in [0, 0.1) is 0 Å². The van der Waals surface area contributed by atoms with Gasteiger partial charge in [-0.15, -0.1) is 0 Å². The molecule has 0 heterocycles. The Hall–Kier alpha value is -3.13. The summed E-state index contributed by atoms with van der Waals surface area (Å²) in [4.78, 5) is 35.6. The highest BCUT2D eigenvalue weighted by molar-refractivity contribution is 9.10. The van der Waals surface area contributed by atoms with Gasteiger partial charge in [-0.2, -0.15) is 0 Å². The number of carbonyl (C=O) groups is 3. The molecule has 0 saturated heterocycles. The molecule has 0 aliphatic heterocycles. The van der Waals surface area contributed by atoms with Gasteiger partial charge >= 0.3 is 6.09 Å². The first-order valence-electron chi connectivity index (χ1n) is 10.2. The molecular formula is C24H28BrN3O4. The number of carbonyl (C=O) groups excluding carboxylic acids is 3. The quantitative estimate of drug-likeness (QED) is 0.459. The smallest absolute Gasteiger partial charge is 0.407 e. The van der Waals surface area contributed by atoms with Crippen molar-refractivity contribution in [3.63, 3.8) is 0 Å². The SMILES string of the molecule is CC(C)(C)OC(=O)NCCC(=O)Nc1ccc(CNC(=O)/C=C/c2ccccc2Br)cc1. The monoisotopic (exact) mass is 501 g/mol. The van der Waals surface area contributed by atoms with E-state index in [4.69, 9.17) is 4.74 Å². The molecule has 0 aliphatic rings. The molecule has 0 radical (unpaired) electrons. The molecule has 2 aromatic carbocycles. The number of benzene rings is 2. The average molecular weight is 502 g/mol.